The molecule has 2 unspecified atom stereocenters. The minimum absolute atomic E-state index is 1.04. The van der Waals surface area contributed by atoms with Crippen molar-refractivity contribution < 1.29 is 30.0 Å². The molecule has 1 aromatic rings. The van der Waals surface area contributed by atoms with Crippen LogP contribution in [0.1, 0.15) is 11.3 Å². The molecule has 19 heavy (non-hydrogen) atoms. The second-order valence-corrected chi connectivity index (χ2v) is 3.50. The third kappa shape index (κ3) is 6.29. The number of aliphatic hydroxyl groups is 2. The molecule has 2 atom stereocenters. The van der Waals surface area contributed by atoms with Gasteiger partial charge in [0.25, 0.3) is 0 Å². The van der Waals surface area contributed by atoms with Gasteiger partial charge in [0.1, 0.15) is 0 Å². The van der Waals surface area contributed by atoms with Crippen LogP contribution in [0.25, 0.3) is 6.08 Å². The Bertz CT molecular complexity index is 424. The van der Waals surface area contributed by atoms with Gasteiger partial charge in [0.2, 0.25) is 0 Å². The van der Waals surface area contributed by atoms with E-state index in [-0.39, 0.29) is 0 Å². The number of aryl methyl sites for hydroxylation is 1. The van der Waals surface area contributed by atoms with Gasteiger partial charge in [-0.15, -0.1) is 0 Å². The van der Waals surface area contributed by atoms with Gasteiger partial charge in [-0.05, 0) is 18.6 Å². The molecule has 0 radical (unpaired) electrons. The number of nitrogens with zero attached hydrogens (tertiary/aromatic N) is 1. The molecule has 0 saturated carbocycles. The van der Waals surface area contributed by atoms with Crippen LogP contribution in [-0.2, 0) is 9.59 Å². The molecule has 7 nitrogen and oxygen atoms in total. The lowest BCUT2D eigenvalue weighted by Gasteiger charge is -2.07. The van der Waals surface area contributed by atoms with Gasteiger partial charge in [0.15, 0.2) is 12.2 Å². The van der Waals surface area contributed by atoms with Crippen LogP contribution in [0.2, 0.25) is 0 Å². The lowest BCUT2D eigenvalue weighted by atomic mass is 10.2. The van der Waals surface area contributed by atoms with Crippen LogP contribution in [0, 0.1) is 6.92 Å². The van der Waals surface area contributed by atoms with Crippen molar-refractivity contribution in [2.45, 2.75) is 19.1 Å². The number of hydrogen-bond donors (Lipinski definition) is 4. The van der Waals surface area contributed by atoms with E-state index in [1.54, 1.807) is 6.08 Å². The zero-order valence-corrected chi connectivity index (χ0v) is 10.2. The summed E-state index contributed by atoms with van der Waals surface area (Å²) in [5.41, 5.74) is 2.11. The van der Waals surface area contributed by atoms with E-state index in [1.807, 2.05) is 25.3 Å². The minimum atomic E-state index is -2.27. The van der Waals surface area contributed by atoms with Crippen LogP contribution in [0.4, 0.5) is 0 Å². The molecule has 1 heterocycles. The summed E-state index contributed by atoms with van der Waals surface area (Å²) in [5.74, 6) is -3.54. The quantitative estimate of drug-likeness (QED) is 0.601. The van der Waals surface area contributed by atoms with E-state index in [1.165, 1.54) is 0 Å². The smallest absolute Gasteiger partial charge is 0.335 e. The van der Waals surface area contributed by atoms with E-state index in [2.05, 4.69) is 11.6 Å². The molecule has 0 aliphatic carbocycles. The van der Waals surface area contributed by atoms with E-state index in [9.17, 15) is 9.59 Å². The maximum absolute atomic E-state index is 9.77. The highest BCUT2D eigenvalue weighted by atomic mass is 16.4. The third-order valence-electron chi connectivity index (χ3n) is 1.98. The lowest BCUT2D eigenvalue weighted by molar-refractivity contribution is -0.165. The summed E-state index contributed by atoms with van der Waals surface area (Å²) in [6.45, 7) is 5.59. The average molecular weight is 269 g/mol. The van der Waals surface area contributed by atoms with Gasteiger partial charge >= 0.3 is 11.9 Å². The molecule has 0 amide bonds. The fraction of sp³-hybridized carbons (Fsp3) is 0.250. The minimum Gasteiger partial charge on any atom is -0.479 e. The number of carbonyl (C=O) groups is 2. The molecule has 0 aliphatic rings. The summed E-state index contributed by atoms with van der Waals surface area (Å²) < 4.78 is 0. The van der Waals surface area contributed by atoms with Crippen LogP contribution in [-0.4, -0.2) is 49.6 Å². The molecule has 0 aliphatic heterocycles. The second-order valence-electron chi connectivity index (χ2n) is 3.50. The van der Waals surface area contributed by atoms with Crippen molar-refractivity contribution in [3.63, 3.8) is 0 Å². The molecule has 1 rings (SSSR count). The number of aromatic nitrogens is 1. The van der Waals surface area contributed by atoms with Crippen LogP contribution in [0.15, 0.2) is 24.9 Å². The van der Waals surface area contributed by atoms with E-state index in [4.69, 9.17) is 20.4 Å². The lowest BCUT2D eigenvalue weighted by Crippen LogP contribution is -2.39. The first-order valence-electron chi connectivity index (χ1n) is 5.16. The fourth-order valence-electron chi connectivity index (χ4n) is 0.870. The molecule has 1 aromatic heterocycles. The van der Waals surface area contributed by atoms with Crippen LogP contribution >= 0.6 is 0 Å². The molecular formula is C12H15NO6. The van der Waals surface area contributed by atoms with E-state index < -0.39 is 24.1 Å². The van der Waals surface area contributed by atoms with Crippen molar-refractivity contribution in [1.29, 1.82) is 0 Å². The largest absolute Gasteiger partial charge is 0.479 e. The first-order chi connectivity index (χ1) is 8.79. The molecular weight excluding hydrogens is 254 g/mol. The third-order valence-corrected chi connectivity index (χ3v) is 1.98. The average Bonchev–Trinajstić information content (AvgIpc) is 2.38. The summed E-state index contributed by atoms with van der Waals surface area (Å²) in [5, 5.41) is 32.5. The zero-order chi connectivity index (χ0) is 15.0. The Labute approximate surface area is 109 Å². The Balaban J connectivity index is 0.000000342. The molecule has 0 fully saturated rings. The highest BCUT2D eigenvalue weighted by Gasteiger charge is 2.29. The summed E-state index contributed by atoms with van der Waals surface area (Å²) in [6.07, 6.45) is -0.940. The van der Waals surface area contributed by atoms with Gasteiger partial charge in [-0.1, -0.05) is 18.7 Å². The van der Waals surface area contributed by atoms with Gasteiger partial charge in [-0.2, -0.15) is 0 Å². The predicted molar refractivity (Wildman–Crippen MR) is 66.4 cm³/mol. The molecule has 0 spiro atoms. The van der Waals surface area contributed by atoms with Gasteiger partial charge in [0, 0.05) is 11.9 Å². The van der Waals surface area contributed by atoms with Crippen molar-refractivity contribution in [2.24, 2.45) is 0 Å². The Morgan fingerprint density at radius 1 is 1.21 bits per heavy atom. The molecule has 0 aromatic carbocycles. The Morgan fingerprint density at radius 2 is 1.68 bits per heavy atom. The number of pyridine rings is 1. The standard InChI is InChI=1S/C8H9N.C4H6O6/c1-3-8-5-4-7(2)9-6-8;5-1(3(7)8)2(6)4(9)10/h3-6H,1H2,2H3;1-2,5-6H,(H,7,8)(H,9,10). The predicted octanol–water partition coefficient (Wildman–Crippen LogP) is -0.0896. The highest BCUT2D eigenvalue weighted by Crippen LogP contribution is 1.98. The van der Waals surface area contributed by atoms with Crippen LogP contribution in [0.5, 0.6) is 0 Å². The van der Waals surface area contributed by atoms with Crippen LogP contribution < -0.4 is 0 Å². The van der Waals surface area contributed by atoms with Crippen molar-refractivity contribution >= 4 is 18.0 Å². The maximum atomic E-state index is 9.77. The number of aliphatic hydroxyl groups excluding tert-OH is 2. The summed E-state index contributed by atoms with van der Waals surface area (Å²) in [7, 11) is 0. The second kappa shape index (κ2) is 7.96. The van der Waals surface area contributed by atoms with Gasteiger partial charge in [0.05, 0.1) is 0 Å². The first kappa shape index (κ1) is 16.8. The fourth-order valence-corrected chi connectivity index (χ4v) is 0.870. The van der Waals surface area contributed by atoms with E-state index in [0.29, 0.717) is 0 Å². The summed E-state index contributed by atoms with van der Waals surface area (Å²) in [6, 6.07) is 3.96. The monoisotopic (exact) mass is 269 g/mol. The Morgan fingerprint density at radius 3 is 1.95 bits per heavy atom. The number of rotatable bonds is 4. The Kier molecular flexibility index (Phi) is 7.02. The number of aliphatic carboxylic acids is 2. The first-order valence-corrected chi connectivity index (χ1v) is 5.16. The number of carboxylic acids is 2. The Hall–Kier alpha value is -2.25. The normalized spacial score (nSPS) is 12.6. The topological polar surface area (TPSA) is 128 Å². The van der Waals surface area contributed by atoms with Crippen molar-refractivity contribution in [2.75, 3.05) is 0 Å². The molecule has 104 valence electrons. The van der Waals surface area contributed by atoms with Crippen molar-refractivity contribution in [3.8, 4) is 0 Å². The van der Waals surface area contributed by atoms with Crippen molar-refractivity contribution in [1.82, 2.24) is 4.98 Å². The van der Waals surface area contributed by atoms with Gasteiger partial charge in [-0.25, -0.2) is 9.59 Å². The number of hydrogen-bond acceptors (Lipinski definition) is 5. The zero-order valence-electron chi connectivity index (χ0n) is 10.2. The van der Waals surface area contributed by atoms with Crippen LogP contribution in [0.3, 0.4) is 0 Å². The highest BCUT2D eigenvalue weighted by molar-refractivity contribution is 5.83. The summed E-state index contributed by atoms with van der Waals surface area (Å²) in [4.78, 5) is 23.6. The number of carboxylic acid groups (broad SMARTS) is 2. The molecule has 4 N–H and O–H groups in total. The molecule has 0 bridgehead atoms. The molecule has 7 heteroatoms. The maximum Gasteiger partial charge on any atom is 0.335 e. The van der Waals surface area contributed by atoms with E-state index >= 15 is 0 Å². The molecule has 0 saturated heterocycles. The van der Waals surface area contributed by atoms with E-state index in [0.717, 1.165) is 11.3 Å². The van der Waals surface area contributed by atoms with Gasteiger partial charge in [-0.3, -0.25) is 4.98 Å². The van der Waals surface area contributed by atoms with Crippen molar-refractivity contribution in [3.05, 3.63) is 36.2 Å². The SMILES string of the molecule is C=Cc1ccc(C)nc1.O=C(O)C(O)C(O)C(=O)O. The summed E-state index contributed by atoms with van der Waals surface area (Å²) >= 11 is 0. The van der Waals surface area contributed by atoms with Gasteiger partial charge < -0.3 is 20.4 Å².